The maximum Gasteiger partial charge on any atom is 0.170 e. The van der Waals surface area contributed by atoms with Gasteiger partial charge in [0.25, 0.3) is 0 Å². The maximum atomic E-state index is 8.70. The molecule has 3 N–H and O–H groups in total. The van der Waals surface area contributed by atoms with Gasteiger partial charge in [0.15, 0.2) is 5.84 Å². The Bertz CT molecular complexity index is 494. The van der Waals surface area contributed by atoms with Gasteiger partial charge >= 0.3 is 0 Å². The van der Waals surface area contributed by atoms with Gasteiger partial charge in [-0.3, -0.25) is 4.90 Å². The number of nitrogens with zero attached hydrogens (tertiary/aromatic N) is 3. The standard InChI is InChI=1S/C16H24N4O/c17-16(18-21)13-4-6-14(7-5-13)20-11-8-15(12-20)19-9-2-1-3-10-19/h4-7,15,21H,1-3,8-12H2,(H2,17,18). The molecule has 5 nitrogen and oxygen atoms in total. The van der Waals surface area contributed by atoms with Gasteiger partial charge in [-0.25, -0.2) is 0 Å². The summed E-state index contributed by atoms with van der Waals surface area (Å²) in [5, 5.41) is 11.7. The molecule has 0 spiro atoms. The van der Waals surface area contributed by atoms with Crippen LogP contribution in [0.4, 0.5) is 5.69 Å². The summed E-state index contributed by atoms with van der Waals surface area (Å²) in [7, 11) is 0. The summed E-state index contributed by atoms with van der Waals surface area (Å²) >= 11 is 0. The zero-order chi connectivity index (χ0) is 14.7. The van der Waals surface area contributed by atoms with Crippen LogP contribution in [0.5, 0.6) is 0 Å². The van der Waals surface area contributed by atoms with Crippen LogP contribution in [0, 0.1) is 0 Å². The third kappa shape index (κ3) is 3.13. The second-order valence-corrected chi connectivity index (χ2v) is 6.02. The lowest BCUT2D eigenvalue weighted by Crippen LogP contribution is -2.40. The van der Waals surface area contributed by atoms with Crippen LogP contribution in [-0.2, 0) is 0 Å². The van der Waals surface area contributed by atoms with Crippen LogP contribution in [0.1, 0.15) is 31.2 Å². The largest absolute Gasteiger partial charge is 0.409 e. The zero-order valence-corrected chi connectivity index (χ0v) is 12.4. The van der Waals surface area contributed by atoms with Gasteiger partial charge in [-0.05, 0) is 56.6 Å². The summed E-state index contributed by atoms with van der Waals surface area (Å²) in [6.07, 6.45) is 5.35. The van der Waals surface area contributed by atoms with Gasteiger partial charge in [0.1, 0.15) is 0 Å². The molecule has 5 heteroatoms. The highest BCUT2D eigenvalue weighted by atomic mass is 16.4. The molecule has 2 fully saturated rings. The van der Waals surface area contributed by atoms with Crippen molar-refractivity contribution in [2.45, 2.75) is 31.7 Å². The van der Waals surface area contributed by atoms with Gasteiger partial charge in [-0.2, -0.15) is 0 Å². The first-order chi connectivity index (χ1) is 10.3. The first kappa shape index (κ1) is 14.2. The van der Waals surface area contributed by atoms with Crippen LogP contribution in [-0.4, -0.2) is 48.2 Å². The monoisotopic (exact) mass is 288 g/mol. The van der Waals surface area contributed by atoms with Crippen LogP contribution >= 0.6 is 0 Å². The lowest BCUT2D eigenvalue weighted by Gasteiger charge is -2.32. The molecule has 2 aliphatic heterocycles. The van der Waals surface area contributed by atoms with Gasteiger partial charge in [-0.1, -0.05) is 11.6 Å². The fourth-order valence-electron chi connectivity index (χ4n) is 3.46. The van der Waals surface area contributed by atoms with E-state index < -0.39 is 0 Å². The molecular weight excluding hydrogens is 264 g/mol. The fraction of sp³-hybridized carbons (Fsp3) is 0.562. The first-order valence-corrected chi connectivity index (χ1v) is 7.85. The van der Waals surface area contributed by atoms with E-state index in [0.29, 0.717) is 6.04 Å². The van der Waals surface area contributed by atoms with Crippen molar-refractivity contribution in [1.29, 1.82) is 0 Å². The summed E-state index contributed by atoms with van der Waals surface area (Å²) in [5.74, 6) is 0.161. The fourth-order valence-corrected chi connectivity index (χ4v) is 3.46. The molecule has 1 unspecified atom stereocenters. The topological polar surface area (TPSA) is 65.1 Å². The number of nitrogens with two attached hydrogens (primary N) is 1. The normalized spacial score (nSPS) is 24.5. The molecule has 0 bridgehead atoms. The minimum Gasteiger partial charge on any atom is -0.409 e. The number of rotatable bonds is 3. The van der Waals surface area contributed by atoms with E-state index in [2.05, 4.69) is 27.1 Å². The van der Waals surface area contributed by atoms with E-state index >= 15 is 0 Å². The highest BCUT2D eigenvalue weighted by Crippen LogP contribution is 2.25. The van der Waals surface area contributed by atoms with Gasteiger partial charge in [0, 0.05) is 30.4 Å². The molecule has 2 saturated heterocycles. The van der Waals surface area contributed by atoms with Crippen molar-refractivity contribution >= 4 is 11.5 Å². The molecule has 0 amide bonds. The predicted octanol–water partition coefficient (Wildman–Crippen LogP) is 1.85. The molecule has 2 aliphatic rings. The summed E-state index contributed by atoms with van der Waals surface area (Å²) in [6, 6.07) is 8.66. The molecule has 1 atom stereocenters. The van der Waals surface area contributed by atoms with Crippen molar-refractivity contribution in [3.05, 3.63) is 29.8 Å². The Labute approximate surface area is 126 Å². The Kier molecular flexibility index (Phi) is 4.29. The summed E-state index contributed by atoms with van der Waals surface area (Å²) < 4.78 is 0. The van der Waals surface area contributed by atoms with Crippen molar-refractivity contribution in [2.24, 2.45) is 10.9 Å². The van der Waals surface area contributed by atoms with Gasteiger partial charge < -0.3 is 15.8 Å². The molecule has 0 aliphatic carbocycles. The Hall–Kier alpha value is -1.75. The Morgan fingerprint density at radius 3 is 2.48 bits per heavy atom. The molecule has 1 aromatic carbocycles. The molecule has 114 valence electrons. The summed E-state index contributed by atoms with van der Waals surface area (Å²) in [6.45, 7) is 4.76. The second kappa shape index (κ2) is 6.35. The van der Waals surface area contributed by atoms with E-state index in [9.17, 15) is 0 Å². The number of anilines is 1. The van der Waals surface area contributed by atoms with E-state index in [-0.39, 0.29) is 5.84 Å². The van der Waals surface area contributed by atoms with Gasteiger partial charge in [0.2, 0.25) is 0 Å². The van der Waals surface area contributed by atoms with Crippen LogP contribution in [0.2, 0.25) is 0 Å². The Morgan fingerprint density at radius 2 is 1.81 bits per heavy atom. The van der Waals surface area contributed by atoms with E-state index in [0.717, 1.165) is 18.7 Å². The quantitative estimate of drug-likeness (QED) is 0.385. The molecule has 0 aromatic heterocycles. The minimum atomic E-state index is 0.161. The highest BCUT2D eigenvalue weighted by molar-refractivity contribution is 5.97. The smallest absolute Gasteiger partial charge is 0.170 e. The lowest BCUT2D eigenvalue weighted by atomic mass is 10.1. The van der Waals surface area contributed by atoms with Crippen molar-refractivity contribution in [3.8, 4) is 0 Å². The van der Waals surface area contributed by atoms with Crippen molar-refractivity contribution in [3.63, 3.8) is 0 Å². The third-order valence-corrected chi connectivity index (χ3v) is 4.71. The van der Waals surface area contributed by atoms with E-state index in [1.807, 2.05) is 12.1 Å². The van der Waals surface area contributed by atoms with E-state index in [1.54, 1.807) is 0 Å². The minimum absolute atomic E-state index is 0.161. The van der Waals surface area contributed by atoms with Crippen molar-refractivity contribution in [2.75, 3.05) is 31.1 Å². The maximum absolute atomic E-state index is 8.70. The number of piperidine rings is 1. The first-order valence-electron chi connectivity index (χ1n) is 7.85. The van der Waals surface area contributed by atoms with Crippen molar-refractivity contribution in [1.82, 2.24) is 4.90 Å². The Morgan fingerprint density at radius 1 is 1.10 bits per heavy atom. The van der Waals surface area contributed by atoms with Crippen molar-refractivity contribution < 1.29 is 5.21 Å². The van der Waals surface area contributed by atoms with E-state index in [1.165, 1.54) is 44.5 Å². The van der Waals surface area contributed by atoms with E-state index in [4.69, 9.17) is 10.9 Å². The number of likely N-dealkylation sites (tertiary alicyclic amines) is 1. The van der Waals surface area contributed by atoms with Gasteiger partial charge in [-0.15, -0.1) is 0 Å². The molecule has 2 heterocycles. The molecule has 0 radical (unpaired) electrons. The average molecular weight is 288 g/mol. The number of hydrogen-bond acceptors (Lipinski definition) is 4. The number of amidine groups is 1. The lowest BCUT2D eigenvalue weighted by molar-refractivity contribution is 0.175. The molecule has 21 heavy (non-hydrogen) atoms. The SMILES string of the molecule is NC(=NO)c1ccc(N2CCC(N3CCCCC3)C2)cc1. The van der Waals surface area contributed by atoms with Crippen LogP contribution in [0.15, 0.2) is 29.4 Å². The molecule has 0 saturated carbocycles. The summed E-state index contributed by atoms with van der Waals surface area (Å²) in [5.41, 5.74) is 7.58. The molecule has 3 rings (SSSR count). The van der Waals surface area contributed by atoms with Gasteiger partial charge in [0.05, 0.1) is 0 Å². The number of oxime groups is 1. The number of benzene rings is 1. The second-order valence-electron chi connectivity index (χ2n) is 6.02. The predicted molar refractivity (Wildman–Crippen MR) is 85.0 cm³/mol. The third-order valence-electron chi connectivity index (χ3n) is 4.71. The average Bonchev–Trinajstić information content (AvgIpc) is 3.05. The summed E-state index contributed by atoms with van der Waals surface area (Å²) in [4.78, 5) is 5.10. The number of hydrogen-bond donors (Lipinski definition) is 2. The van der Waals surface area contributed by atoms with Crippen LogP contribution in [0.3, 0.4) is 0 Å². The zero-order valence-electron chi connectivity index (χ0n) is 12.4. The molecule has 1 aromatic rings. The van der Waals surface area contributed by atoms with Crippen LogP contribution < -0.4 is 10.6 Å². The highest BCUT2D eigenvalue weighted by Gasteiger charge is 2.28. The Balaban J connectivity index is 1.63. The molecular formula is C16H24N4O. The van der Waals surface area contributed by atoms with Crippen LogP contribution in [0.25, 0.3) is 0 Å².